The van der Waals surface area contributed by atoms with Crippen molar-refractivity contribution in [2.24, 2.45) is 0 Å². The van der Waals surface area contributed by atoms with Crippen LogP contribution in [0, 0.1) is 0 Å². The van der Waals surface area contributed by atoms with E-state index in [9.17, 15) is 19.2 Å². The summed E-state index contributed by atoms with van der Waals surface area (Å²) in [6.45, 7) is 1.08. The van der Waals surface area contributed by atoms with Crippen molar-refractivity contribution in [1.82, 2.24) is 10.2 Å². The summed E-state index contributed by atoms with van der Waals surface area (Å²) in [7, 11) is 1.55. The van der Waals surface area contributed by atoms with Crippen LogP contribution in [0.1, 0.15) is 12.5 Å². The number of ether oxygens (including phenoxy) is 2. The van der Waals surface area contributed by atoms with Gasteiger partial charge in [0.15, 0.2) is 0 Å². The molecule has 8 nitrogen and oxygen atoms in total. The molecule has 1 heterocycles. The second kappa shape index (κ2) is 9.04. The predicted octanol–water partition coefficient (Wildman–Crippen LogP) is 1.41. The minimum Gasteiger partial charge on any atom is -0.497 e. The fourth-order valence-electron chi connectivity index (χ4n) is 2.07. The van der Waals surface area contributed by atoms with Crippen molar-refractivity contribution in [1.29, 1.82) is 0 Å². The van der Waals surface area contributed by atoms with Gasteiger partial charge in [0, 0.05) is 0 Å². The number of nitrogens with zero attached hydrogens (tertiary/aromatic N) is 1. The lowest BCUT2D eigenvalue weighted by atomic mass is 10.2. The standard InChI is InChI=1S/C17H18N2O6S/c1-3-25-15(21)9-18-14(20)10-19-16(22)13(26-17(19)23)8-11-4-6-12(24-2)7-5-11/h4-8H,3,9-10H2,1-2H3,(H,18,20)/b13-8-. The first-order chi connectivity index (χ1) is 12.4. The van der Waals surface area contributed by atoms with E-state index < -0.39 is 29.6 Å². The van der Waals surface area contributed by atoms with Gasteiger partial charge in [-0.15, -0.1) is 0 Å². The van der Waals surface area contributed by atoms with Crippen LogP contribution in [0.25, 0.3) is 6.08 Å². The monoisotopic (exact) mass is 378 g/mol. The van der Waals surface area contributed by atoms with E-state index in [0.717, 1.165) is 22.2 Å². The van der Waals surface area contributed by atoms with Gasteiger partial charge in [-0.2, -0.15) is 0 Å². The van der Waals surface area contributed by atoms with E-state index in [1.54, 1.807) is 44.4 Å². The van der Waals surface area contributed by atoms with Crippen molar-refractivity contribution in [3.63, 3.8) is 0 Å². The summed E-state index contributed by atoms with van der Waals surface area (Å²) in [5, 5.41) is 1.77. The Labute approximate surface area is 154 Å². The summed E-state index contributed by atoms with van der Waals surface area (Å²) in [6.07, 6.45) is 1.57. The van der Waals surface area contributed by atoms with Gasteiger partial charge in [-0.1, -0.05) is 12.1 Å². The zero-order valence-electron chi connectivity index (χ0n) is 14.3. The van der Waals surface area contributed by atoms with E-state index in [1.165, 1.54) is 0 Å². The molecule has 0 atom stereocenters. The number of imide groups is 1. The molecule has 0 unspecified atom stereocenters. The smallest absolute Gasteiger partial charge is 0.325 e. The molecule has 0 aliphatic carbocycles. The number of thioether (sulfide) groups is 1. The van der Waals surface area contributed by atoms with Crippen LogP contribution in [-0.2, 0) is 19.1 Å². The first kappa shape index (κ1) is 19.5. The van der Waals surface area contributed by atoms with Crippen LogP contribution in [0.5, 0.6) is 5.75 Å². The molecule has 0 spiro atoms. The third-order valence-electron chi connectivity index (χ3n) is 3.32. The number of nitrogens with one attached hydrogen (secondary N) is 1. The molecule has 1 aromatic carbocycles. The zero-order chi connectivity index (χ0) is 19.1. The highest BCUT2D eigenvalue weighted by atomic mass is 32.2. The average molecular weight is 378 g/mol. The van der Waals surface area contributed by atoms with Gasteiger partial charge in [-0.25, -0.2) is 0 Å². The number of carbonyl (C=O) groups is 4. The van der Waals surface area contributed by atoms with Crippen LogP contribution < -0.4 is 10.1 Å². The number of hydrogen-bond acceptors (Lipinski definition) is 7. The van der Waals surface area contributed by atoms with Gasteiger partial charge in [0.2, 0.25) is 5.91 Å². The van der Waals surface area contributed by atoms with Crippen molar-refractivity contribution in [2.75, 3.05) is 26.8 Å². The van der Waals surface area contributed by atoms with Crippen molar-refractivity contribution < 1.29 is 28.7 Å². The maximum Gasteiger partial charge on any atom is 0.325 e. The Hall–Kier alpha value is -2.81. The molecule has 138 valence electrons. The number of rotatable bonds is 7. The second-order valence-corrected chi connectivity index (χ2v) is 6.12. The van der Waals surface area contributed by atoms with Crippen LogP contribution in [0.15, 0.2) is 29.2 Å². The molecule has 1 aliphatic heterocycles. The number of hydrogen-bond donors (Lipinski definition) is 1. The Kier molecular flexibility index (Phi) is 6.79. The molecule has 0 saturated carbocycles. The SMILES string of the molecule is CCOC(=O)CNC(=O)CN1C(=O)S/C(=C\c2ccc(OC)cc2)C1=O. The highest BCUT2D eigenvalue weighted by molar-refractivity contribution is 8.18. The quantitative estimate of drug-likeness (QED) is 0.565. The highest BCUT2D eigenvalue weighted by Gasteiger charge is 2.36. The molecule has 0 aromatic heterocycles. The van der Waals surface area contributed by atoms with Gasteiger partial charge in [-0.3, -0.25) is 24.1 Å². The Morgan fingerprint density at radius 1 is 1.23 bits per heavy atom. The fraction of sp³-hybridized carbons (Fsp3) is 0.294. The first-order valence-electron chi connectivity index (χ1n) is 7.76. The van der Waals surface area contributed by atoms with Gasteiger partial charge in [0.05, 0.1) is 18.6 Å². The molecule has 9 heteroatoms. The Bertz CT molecular complexity index is 744. The van der Waals surface area contributed by atoms with Gasteiger partial charge in [0.1, 0.15) is 18.8 Å². The first-order valence-corrected chi connectivity index (χ1v) is 8.58. The Morgan fingerprint density at radius 2 is 1.92 bits per heavy atom. The summed E-state index contributed by atoms with van der Waals surface area (Å²) in [4.78, 5) is 48.4. The summed E-state index contributed by atoms with van der Waals surface area (Å²) in [5.74, 6) is -1.09. The molecular formula is C17H18N2O6S. The lowest BCUT2D eigenvalue weighted by Crippen LogP contribution is -2.41. The topological polar surface area (TPSA) is 102 Å². The predicted molar refractivity (Wildman–Crippen MR) is 95.3 cm³/mol. The minimum atomic E-state index is -0.619. The molecule has 26 heavy (non-hydrogen) atoms. The van der Waals surface area contributed by atoms with Crippen molar-refractivity contribution in [2.45, 2.75) is 6.92 Å². The van der Waals surface area contributed by atoms with E-state index in [0.29, 0.717) is 5.75 Å². The van der Waals surface area contributed by atoms with E-state index in [2.05, 4.69) is 10.1 Å². The summed E-state index contributed by atoms with van der Waals surface area (Å²) < 4.78 is 9.74. The van der Waals surface area contributed by atoms with E-state index >= 15 is 0 Å². The van der Waals surface area contributed by atoms with Crippen LogP contribution >= 0.6 is 11.8 Å². The molecule has 1 fully saturated rings. The number of methoxy groups -OCH3 is 1. The molecule has 3 amide bonds. The van der Waals surface area contributed by atoms with Gasteiger partial charge in [0.25, 0.3) is 11.1 Å². The third kappa shape index (κ3) is 5.09. The maximum atomic E-state index is 12.3. The van der Waals surface area contributed by atoms with E-state index in [-0.39, 0.29) is 18.1 Å². The Morgan fingerprint density at radius 3 is 2.54 bits per heavy atom. The van der Waals surface area contributed by atoms with Crippen LogP contribution in [0.4, 0.5) is 4.79 Å². The highest BCUT2D eigenvalue weighted by Crippen LogP contribution is 2.32. The molecule has 1 saturated heterocycles. The van der Waals surface area contributed by atoms with E-state index in [1.807, 2.05) is 0 Å². The number of benzene rings is 1. The molecule has 1 aliphatic rings. The number of amides is 3. The average Bonchev–Trinajstić information content (AvgIpc) is 2.88. The van der Waals surface area contributed by atoms with Gasteiger partial charge >= 0.3 is 5.97 Å². The van der Waals surface area contributed by atoms with Crippen molar-refractivity contribution in [3.05, 3.63) is 34.7 Å². The largest absolute Gasteiger partial charge is 0.497 e. The lowest BCUT2D eigenvalue weighted by Gasteiger charge is -2.12. The van der Waals surface area contributed by atoms with Crippen LogP contribution in [0.3, 0.4) is 0 Å². The summed E-state index contributed by atoms with van der Waals surface area (Å²) >= 11 is 0.757. The summed E-state index contributed by atoms with van der Waals surface area (Å²) in [5.41, 5.74) is 0.725. The van der Waals surface area contributed by atoms with Crippen molar-refractivity contribution in [3.8, 4) is 5.75 Å². The third-order valence-corrected chi connectivity index (χ3v) is 4.23. The Balaban J connectivity index is 1.98. The zero-order valence-corrected chi connectivity index (χ0v) is 15.1. The fourth-order valence-corrected chi connectivity index (χ4v) is 2.91. The van der Waals surface area contributed by atoms with Crippen LogP contribution in [0.2, 0.25) is 0 Å². The van der Waals surface area contributed by atoms with E-state index in [4.69, 9.17) is 4.74 Å². The lowest BCUT2D eigenvalue weighted by molar-refractivity contribution is -0.143. The molecular weight excluding hydrogens is 360 g/mol. The molecule has 1 aromatic rings. The molecule has 0 bridgehead atoms. The molecule has 1 N–H and O–H groups in total. The normalized spacial score (nSPS) is 15.3. The second-order valence-electron chi connectivity index (χ2n) is 5.12. The minimum absolute atomic E-state index is 0.202. The molecule has 0 radical (unpaired) electrons. The van der Waals surface area contributed by atoms with Crippen LogP contribution in [-0.4, -0.2) is 54.7 Å². The maximum absolute atomic E-state index is 12.3. The molecule has 2 rings (SSSR count). The van der Waals surface area contributed by atoms with Crippen molar-refractivity contribution >= 4 is 40.9 Å². The van der Waals surface area contributed by atoms with Gasteiger partial charge < -0.3 is 14.8 Å². The number of carbonyl (C=O) groups excluding carboxylic acids is 4. The van der Waals surface area contributed by atoms with Gasteiger partial charge in [-0.05, 0) is 42.5 Å². The number of esters is 1. The summed E-state index contributed by atoms with van der Waals surface area (Å²) in [6, 6.07) is 6.97.